The molecule has 0 aromatic rings. The van der Waals surface area contributed by atoms with Crippen LogP contribution in [0.15, 0.2) is 12.2 Å². The molecule has 2 N–H and O–H groups in total. The summed E-state index contributed by atoms with van der Waals surface area (Å²) in [5.41, 5.74) is 0.274. The zero-order chi connectivity index (χ0) is 26.0. The number of carbonyl (C=O) groups excluding carboxylic acids is 1. The Balaban J connectivity index is 2.30. The van der Waals surface area contributed by atoms with Gasteiger partial charge >= 0.3 is 5.97 Å². The van der Waals surface area contributed by atoms with Crippen LogP contribution in [0.5, 0.6) is 0 Å². The van der Waals surface area contributed by atoms with Gasteiger partial charge in [-0.05, 0) is 60.3 Å². The number of hydrogen-bond donors (Lipinski definition) is 2. The molecule has 1 aliphatic heterocycles. The highest BCUT2D eigenvalue weighted by Crippen LogP contribution is 2.29. The van der Waals surface area contributed by atoms with Crippen LogP contribution in [0.3, 0.4) is 0 Å². The first-order chi connectivity index (χ1) is 16.7. The number of piperidine rings is 1. The molecule has 35 heavy (non-hydrogen) atoms. The fourth-order valence-electron chi connectivity index (χ4n) is 5.98. The zero-order valence-electron chi connectivity index (χ0n) is 24.4. The molecular weight excluding hydrogens is 432 g/mol. The van der Waals surface area contributed by atoms with Gasteiger partial charge in [0.1, 0.15) is 0 Å². The van der Waals surface area contributed by atoms with Crippen LogP contribution in [0.4, 0.5) is 0 Å². The number of ether oxygens (including phenoxy) is 1. The maximum absolute atomic E-state index is 11.7. The first-order valence-electron chi connectivity index (χ1n) is 15.0. The maximum Gasteiger partial charge on any atom is 0.330 e. The van der Waals surface area contributed by atoms with E-state index < -0.39 is 0 Å². The van der Waals surface area contributed by atoms with E-state index in [1.165, 1.54) is 96.0 Å². The van der Waals surface area contributed by atoms with Gasteiger partial charge in [0.2, 0.25) is 0 Å². The molecule has 206 valence electrons. The molecule has 4 nitrogen and oxygen atoms in total. The Morgan fingerprint density at radius 3 is 1.83 bits per heavy atom. The summed E-state index contributed by atoms with van der Waals surface area (Å²) in [6, 6.07) is 0.912. The number of carbonyl (C=O) groups is 1. The van der Waals surface area contributed by atoms with E-state index >= 15 is 0 Å². The van der Waals surface area contributed by atoms with Crippen molar-refractivity contribution >= 4 is 5.97 Å². The molecule has 0 spiro atoms. The Morgan fingerprint density at radius 1 is 0.857 bits per heavy atom. The van der Waals surface area contributed by atoms with Gasteiger partial charge in [0.05, 0.1) is 6.61 Å². The van der Waals surface area contributed by atoms with E-state index in [-0.39, 0.29) is 17.0 Å². The Bertz CT molecular complexity index is 554. The van der Waals surface area contributed by atoms with E-state index in [9.17, 15) is 4.79 Å². The summed E-state index contributed by atoms with van der Waals surface area (Å²) in [5.74, 6) is -0.226. The summed E-state index contributed by atoms with van der Waals surface area (Å²) in [5, 5.41) is 7.75. The van der Waals surface area contributed by atoms with Crippen molar-refractivity contribution in [1.82, 2.24) is 10.6 Å². The summed E-state index contributed by atoms with van der Waals surface area (Å²) >= 11 is 0. The third kappa shape index (κ3) is 17.3. The third-order valence-corrected chi connectivity index (χ3v) is 7.33. The molecule has 1 unspecified atom stereocenters. The van der Waals surface area contributed by atoms with Gasteiger partial charge in [-0.2, -0.15) is 0 Å². The second-order valence-corrected chi connectivity index (χ2v) is 12.3. The van der Waals surface area contributed by atoms with Crippen LogP contribution in [-0.4, -0.2) is 35.7 Å². The fourth-order valence-corrected chi connectivity index (χ4v) is 5.98. The quantitative estimate of drug-likeness (QED) is 0.102. The van der Waals surface area contributed by atoms with Gasteiger partial charge in [0.15, 0.2) is 0 Å². The molecule has 1 rings (SSSR count). The lowest BCUT2D eigenvalue weighted by Crippen LogP contribution is -2.62. The molecule has 0 amide bonds. The summed E-state index contributed by atoms with van der Waals surface area (Å²) in [4.78, 5) is 11.7. The molecule has 4 heteroatoms. The number of allylic oxidation sites excluding steroid dienone is 1. The summed E-state index contributed by atoms with van der Waals surface area (Å²) in [6.07, 6.45) is 25.6. The predicted octanol–water partition coefficient (Wildman–Crippen LogP) is 8.24. The average molecular weight is 493 g/mol. The average Bonchev–Trinajstić information content (AvgIpc) is 2.74. The van der Waals surface area contributed by atoms with Crippen LogP contribution < -0.4 is 10.6 Å². The monoisotopic (exact) mass is 492 g/mol. The van der Waals surface area contributed by atoms with Gasteiger partial charge in [0, 0.05) is 29.2 Å². The molecule has 1 saturated heterocycles. The topological polar surface area (TPSA) is 50.4 Å². The van der Waals surface area contributed by atoms with Crippen molar-refractivity contribution < 1.29 is 9.53 Å². The van der Waals surface area contributed by atoms with Gasteiger partial charge in [-0.3, -0.25) is 0 Å². The number of hydrogen-bond acceptors (Lipinski definition) is 4. The van der Waals surface area contributed by atoms with Gasteiger partial charge in [-0.25, -0.2) is 4.79 Å². The largest absolute Gasteiger partial charge is 0.462 e. The second-order valence-electron chi connectivity index (χ2n) is 12.3. The highest BCUT2D eigenvalue weighted by molar-refractivity contribution is 5.81. The van der Waals surface area contributed by atoms with Crippen molar-refractivity contribution in [3.63, 3.8) is 0 Å². The highest BCUT2D eigenvalue weighted by Gasteiger charge is 2.38. The molecule has 0 aliphatic carbocycles. The maximum atomic E-state index is 11.7. The molecule has 0 saturated carbocycles. The van der Waals surface area contributed by atoms with Crippen molar-refractivity contribution in [3.8, 4) is 0 Å². The van der Waals surface area contributed by atoms with E-state index in [1.807, 2.05) is 6.92 Å². The van der Waals surface area contributed by atoms with E-state index in [0.717, 1.165) is 19.3 Å². The molecular formula is C31H60N2O2. The molecule has 1 atom stereocenters. The number of unbranched alkanes of at least 4 members (excludes halogenated alkanes) is 12. The molecule has 0 radical (unpaired) electrons. The summed E-state index contributed by atoms with van der Waals surface area (Å²) < 4.78 is 5.42. The van der Waals surface area contributed by atoms with Crippen LogP contribution in [0.2, 0.25) is 0 Å². The molecule has 1 aliphatic rings. The van der Waals surface area contributed by atoms with Crippen molar-refractivity contribution in [3.05, 3.63) is 12.2 Å². The third-order valence-electron chi connectivity index (χ3n) is 7.33. The molecule has 0 aromatic carbocycles. The van der Waals surface area contributed by atoms with Gasteiger partial charge in [-0.15, -0.1) is 0 Å². The summed E-state index contributed by atoms with van der Waals surface area (Å²) in [6.45, 7) is 13.9. The van der Waals surface area contributed by atoms with Gasteiger partial charge in [-0.1, -0.05) is 96.5 Å². The summed E-state index contributed by atoms with van der Waals surface area (Å²) in [7, 11) is 0. The Kier molecular flexibility index (Phi) is 16.9. The van der Waals surface area contributed by atoms with Crippen LogP contribution in [0.1, 0.15) is 151 Å². The van der Waals surface area contributed by atoms with E-state index in [1.54, 1.807) is 6.08 Å². The molecule has 0 bridgehead atoms. The van der Waals surface area contributed by atoms with Crippen LogP contribution in [0.25, 0.3) is 0 Å². The minimum absolute atomic E-state index is 0.137. The zero-order valence-corrected chi connectivity index (χ0v) is 24.4. The molecule has 1 fully saturated rings. The van der Waals surface area contributed by atoms with E-state index in [4.69, 9.17) is 4.74 Å². The number of esters is 1. The second kappa shape index (κ2) is 18.4. The van der Waals surface area contributed by atoms with Gasteiger partial charge < -0.3 is 15.4 Å². The van der Waals surface area contributed by atoms with Crippen LogP contribution in [-0.2, 0) is 9.53 Å². The predicted molar refractivity (Wildman–Crippen MR) is 152 cm³/mol. The number of nitrogens with one attached hydrogen (secondary N) is 2. The Morgan fingerprint density at radius 2 is 1.34 bits per heavy atom. The van der Waals surface area contributed by atoms with E-state index in [2.05, 4.69) is 45.3 Å². The van der Waals surface area contributed by atoms with Crippen LogP contribution >= 0.6 is 0 Å². The Hall–Kier alpha value is -0.870. The minimum Gasteiger partial charge on any atom is -0.462 e. The Labute approximate surface area is 218 Å². The first kappa shape index (κ1) is 32.2. The molecule has 1 heterocycles. The standard InChI is InChI=1S/C31H60N2O2/c1-7-9-10-11-12-13-14-15-16-17-18-19-20-22-27(23-24-35-29(34)21-8-2)32-28-25-30(3,4)33-31(5,6)26-28/h8,21,27-28,32-33H,7,9-20,22-26H2,1-6H3/b21-8+. The lowest BCUT2D eigenvalue weighted by molar-refractivity contribution is -0.138. The SMILES string of the molecule is C/C=C/C(=O)OCCC(CCCCCCCCCCCCCCC)NC1CC(C)(C)NC(C)(C)C1. The first-order valence-corrected chi connectivity index (χ1v) is 15.0. The normalized spacial score (nSPS) is 18.7. The van der Waals surface area contributed by atoms with E-state index in [0.29, 0.717) is 18.7 Å². The minimum atomic E-state index is -0.226. The van der Waals surface area contributed by atoms with Crippen molar-refractivity contribution in [2.24, 2.45) is 0 Å². The van der Waals surface area contributed by atoms with Gasteiger partial charge in [0.25, 0.3) is 0 Å². The smallest absolute Gasteiger partial charge is 0.330 e. The number of rotatable bonds is 20. The van der Waals surface area contributed by atoms with Crippen molar-refractivity contribution in [1.29, 1.82) is 0 Å². The highest BCUT2D eigenvalue weighted by atomic mass is 16.5. The molecule has 0 aromatic heterocycles. The lowest BCUT2D eigenvalue weighted by atomic mass is 9.79. The van der Waals surface area contributed by atoms with Crippen LogP contribution in [0, 0.1) is 0 Å². The lowest BCUT2D eigenvalue weighted by Gasteiger charge is -2.47. The van der Waals surface area contributed by atoms with Crippen molar-refractivity contribution in [2.45, 2.75) is 174 Å². The fraction of sp³-hybridized carbons (Fsp3) is 0.903. The van der Waals surface area contributed by atoms with Crippen molar-refractivity contribution in [2.75, 3.05) is 6.61 Å².